The maximum atomic E-state index is 13.7. The first-order chi connectivity index (χ1) is 18.7. The van der Waals surface area contributed by atoms with Gasteiger partial charge in [0, 0.05) is 24.3 Å². The fourth-order valence-corrected chi connectivity index (χ4v) is 6.29. The van der Waals surface area contributed by atoms with Gasteiger partial charge in [-0.2, -0.15) is 0 Å². The van der Waals surface area contributed by atoms with Crippen molar-refractivity contribution in [1.82, 2.24) is 9.88 Å². The fraction of sp³-hybridized carbons (Fsp3) is 0.259. The minimum atomic E-state index is -3.92. The van der Waals surface area contributed by atoms with E-state index in [-0.39, 0.29) is 16.5 Å². The minimum absolute atomic E-state index is 0.0726. The predicted molar refractivity (Wildman–Crippen MR) is 154 cm³/mol. The van der Waals surface area contributed by atoms with Crippen LogP contribution >= 0.6 is 22.9 Å². The van der Waals surface area contributed by atoms with E-state index in [0.29, 0.717) is 40.1 Å². The van der Waals surface area contributed by atoms with Crippen LogP contribution in [0.5, 0.6) is 5.75 Å². The molecule has 0 spiro atoms. The summed E-state index contributed by atoms with van der Waals surface area (Å²) < 4.78 is 47.1. The van der Waals surface area contributed by atoms with E-state index in [9.17, 15) is 17.6 Å². The quantitative estimate of drug-likeness (QED) is 0.234. The van der Waals surface area contributed by atoms with Crippen LogP contribution in [0.15, 0.2) is 65.6 Å². The van der Waals surface area contributed by atoms with Gasteiger partial charge in [-0.15, -0.1) is 0 Å². The number of nitrogens with zero attached hydrogens (tertiary/aromatic N) is 3. The second-order valence-corrected chi connectivity index (χ2v) is 11.6. The molecule has 0 radical (unpaired) electrons. The number of anilines is 2. The second-order valence-electron chi connectivity index (χ2n) is 8.54. The molecule has 3 aromatic carbocycles. The molecule has 1 aromatic heterocycles. The molecular formula is C27H28ClFN4O4S2. The molecule has 0 aliphatic heterocycles. The summed E-state index contributed by atoms with van der Waals surface area (Å²) in [6, 6.07) is 14.1. The zero-order valence-corrected chi connectivity index (χ0v) is 24.0. The molecule has 0 aliphatic carbocycles. The van der Waals surface area contributed by atoms with E-state index in [1.54, 1.807) is 36.3 Å². The summed E-state index contributed by atoms with van der Waals surface area (Å²) in [6.45, 7) is 6.81. The molecule has 1 heterocycles. The normalized spacial score (nSPS) is 11.6. The Morgan fingerprint density at radius 1 is 1.03 bits per heavy atom. The smallest absolute Gasteiger partial charge is 0.261 e. The molecule has 4 rings (SSSR count). The lowest BCUT2D eigenvalue weighted by Crippen LogP contribution is -2.38. The Balaban J connectivity index is 1.62. The van der Waals surface area contributed by atoms with Crippen LogP contribution in [0.4, 0.5) is 15.2 Å². The van der Waals surface area contributed by atoms with Crippen molar-refractivity contribution >= 4 is 59.9 Å². The highest BCUT2D eigenvalue weighted by atomic mass is 35.5. The number of sulfonamides is 1. The number of aromatic nitrogens is 1. The number of thiazole rings is 1. The van der Waals surface area contributed by atoms with Crippen molar-refractivity contribution in [3.63, 3.8) is 0 Å². The Hall–Kier alpha value is -3.25. The molecule has 4 aromatic rings. The van der Waals surface area contributed by atoms with Gasteiger partial charge < -0.3 is 9.64 Å². The van der Waals surface area contributed by atoms with Crippen LogP contribution in [-0.4, -0.2) is 57.5 Å². The molecule has 39 heavy (non-hydrogen) atoms. The topological polar surface area (TPSA) is 91.8 Å². The van der Waals surface area contributed by atoms with Gasteiger partial charge in [-0.1, -0.05) is 36.8 Å². The maximum absolute atomic E-state index is 13.7. The van der Waals surface area contributed by atoms with Gasteiger partial charge in [0.05, 0.1) is 21.7 Å². The summed E-state index contributed by atoms with van der Waals surface area (Å²) in [5.41, 5.74) is 1.20. The van der Waals surface area contributed by atoms with Gasteiger partial charge >= 0.3 is 0 Å². The van der Waals surface area contributed by atoms with E-state index in [4.69, 9.17) is 21.3 Å². The number of rotatable bonds is 11. The van der Waals surface area contributed by atoms with E-state index in [2.05, 4.69) is 23.5 Å². The number of benzene rings is 3. The third kappa shape index (κ3) is 6.50. The number of carbonyl (C=O) groups excluding carboxylic acids is 1. The number of fused-ring (bicyclic) bond motifs is 1. The summed E-state index contributed by atoms with van der Waals surface area (Å²) >= 11 is 7.73. The lowest BCUT2D eigenvalue weighted by molar-refractivity contribution is 0.0983. The molecule has 0 saturated heterocycles. The third-order valence-corrected chi connectivity index (χ3v) is 9.12. The lowest BCUT2D eigenvalue weighted by Gasteiger charge is -2.24. The Labute approximate surface area is 236 Å². The summed E-state index contributed by atoms with van der Waals surface area (Å²) in [6.07, 6.45) is 0. The van der Waals surface area contributed by atoms with Crippen LogP contribution < -0.4 is 14.4 Å². The van der Waals surface area contributed by atoms with Crippen LogP contribution in [0.3, 0.4) is 0 Å². The number of likely N-dealkylation sites (N-methyl/N-ethyl adjacent to an activating group) is 1. The zero-order valence-electron chi connectivity index (χ0n) is 21.6. The lowest BCUT2D eigenvalue weighted by atomic mass is 10.2. The summed E-state index contributed by atoms with van der Waals surface area (Å²) in [5.74, 6) is -0.258. The average molecular weight is 591 g/mol. The first kappa shape index (κ1) is 28.8. The number of ether oxygens (including phenoxy) is 1. The van der Waals surface area contributed by atoms with E-state index in [0.717, 1.165) is 29.9 Å². The third-order valence-electron chi connectivity index (χ3n) is 6.19. The molecular weight excluding hydrogens is 563 g/mol. The fourth-order valence-electron chi connectivity index (χ4n) is 3.95. The van der Waals surface area contributed by atoms with Gasteiger partial charge in [0.1, 0.15) is 17.1 Å². The van der Waals surface area contributed by atoms with Crippen LogP contribution in [-0.2, 0) is 10.0 Å². The number of carbonyl (C=O) groups is 1. The molecule has 0 unspecified atom stereocenters. The Bertz CT molecular complexity index is 1560. The highest BCUT2D eigenvalue weighted by Crippen LogP contribution is 2.39. The number of halogens is 2. The first-order valence-electron chi connectivity index (χ1n) is 12.2. The number of methoxy groups -OCH3 is 1. The van der Waals surface area contributed by atoms with Gasteiger partial charge in [-0.3, -0.25) is 14.4 Å². The summed E-state index contributed by atoms with van der Waals surface area (Å²) in [5, 5.41) is 0.998. The monoisotopic (exact) mass is 590 g/mol. The molecule has 0 bridgehead atoms. The van der Waals surface area contributed by atoms with Crippen molar-refractivity contribution < 1.29 is 22.3 Å². The number of hydrogen-bond donors (Lipinski definition) is 1. The largest absolute Gasteiger partial charge is 0.494 e. The predicted octanol–water partition coefficient (Wildman–Crippen LogP) is 5.89. The highest BCUT2D eigenvalue weighted by molar-refractivity contribution is 7.92. The molecule has 1 N–H and O–H groups in total. The molecule has 12 heteroatoms. The number of nitrogens with one attached hydrogen (secondary N) is 1. The van der Waals surface area contributed by atoms with Crippen LogP contribution in [0, 0.1) is 5.82 Å². The van der Waals surface area contributed by atoms with Crippen LogP contribution in [0.2, 0.25) is 5.02 Å². The van der Waals surface area contributed by atoms with Crippen LogP contribution in [0.25, 0.3) is 10.2 Å². The van der Waals surface area contributed by atoms with Gasteiger partial charge in [0.15, 0.2) is 5.13 Å². The van der Waals surface area contributed by atoms with Gasteiger partial charge in [0.2, 0.25) is 0 Å². The molecule has 0 saturated carbocycles. The Kier molecular flexibility index (Phi) is 9.06. The van der Waals surface area contributed by atoms with Crippen molar-refractivity contribution in [2.24, 2.45) is 0 Å². The number of amides is 1. The zero-order chi connectivity index (χ0) is 28.2. The molecule has 8 nitrogen and oxygen atoms in total. The van der Waals surface area contributed by atoms with Crippen molar-refractivity contribution in [1.29, 1.82) is 0 Å². The van der Waals surface area contributed by atoms with Crippen molar-refractivity contribution in [3.8, 4) is 5.75 Å². The Morgan fingerprint density at radius 2 is 1.69 bits per heavy atom. The highest BCUT2D eigenvalue weighted by Gasteiger charge is 2.24. The molecule has 206 valence electrons. The SMILES string of the molecule is CCN(CC)CCN(C(=O)c1ccc(NS(=O)(=O)c2ccc(F)cc2)cc1)c1nc2c(OC)ccc(Cl)c2s1. The van der Waals surface area contributed by atoms with Crippen LogP contribution in [0.1, 0.15) is 24.2 Å². The van der Waals surface area contributed by atoms with Gasteiger partial charge in [-0.05, 0) is 73.8 Å². The maximum Gasteiger partial charge on any atom is 0.261 e. The molecule has 1 amide bonds. The Morgan fingerprint density at radius 3 is 2.31 bits per heavy atom. The molecule has 0 fully saturated rings. The summed E-state index contributed by atoms with van der Waals surface area (Å²) in [7, 11) is -2.37. The first-order valence-corrected chi connectivity index (χ1v) is 14.9. The van der Waals surface area contributed by atoms with E-state index in [1.807, 2.05) is 0 Å². The molecule has 0 atom stereocenters. The van der Waals surface area contributed by atoms with Gasteiger partial charge in [0.25, 0.3) is 15.9 Å². The standard InChI is InChI=1S/C27H28ClFN4O4S2/c1-4-32(5-2)16-17-33(27-30-24-23(37-3)15-14-22(28)25(24)38-27)26(34)18-6-10-20(11-7-18)31-39(35,36)21-12-8-19(29)9-13-21/h6-15,31H,4-5,16-17H2,1-3H3. The average Bonchev–Trinajstić information content (AvgIpc) is 3.38. The van der Waals surface area contributed by atoms with E-state index in [1.165, 1.54) is 35.6 Å². The molecule has 0 aliphatic rings. The van der Waals surface area contributed by atoms with Crippen molar-refractivity contribution in [3.05, 3.63) is 77.1 Å². The van der Waals surface area contributed by atoms with E-state index < -0.39 is 15.8 Å². The second kappa shape index (κ2) is 12.3. The van der Waals surface area contributed by atoms with Crippen molar-refractivity contribution in [2.75, 3.05) is 42.9 Å². The number of hydrogen-bond acceptors (Lipinski definition) is 7. The summed E-state index contributed by atoms with van der Waals surface area (Å²) in [4.78, 5) is 22.2. The van der Waals surface area contributed by atoms with Crippen molar-refractivity contribution in [2.45, 2.75) is 18.7 Å². The van der Waals surface area contributed by atoms with E-state index >= 15 is 0 Å². The van der Waals surface area contributed by atoms with Gasteiger partial charge in [-0.25, -0.2) is 17.8 Å². The minimum Gasteiger partial charge on any atom is -0.494 e.